The molecule has 1 N–H and O–H groups in total. The molecule has 1 aromatic heterocycles. The highest BCUT2D eigenvalue weighted by molar-refractivity contribution is 5.21. The first kappa shape index (κ1) is 16.5. The summed E-state index contributed by atoms with van der Waals surface area (Å²) in [6.45, 7) is 10.2. The standard InChI is InChI=1S/C18H33N3/c1-5-10-15(19-13-6-2)17(7-3)21-14(4)20-16-11-8-9-12-18(16)21/h15,17,19H,5-13H2,1-4H3. The second-order valence-corrected chi connectivity index (χ2v) is 6.45. The molecule has 0 aromatic carbocycles. The molecule has 0 saturated carbocycles. The average Bonchev–Trinajstić information content (AvgIpc) is 2.82. The molecular formula is C18H33N3. The number of hydrogen-bond acceptors (Lipinski definition) is 2. The molecule has 1 aromatic rings. The lowest BCUT2D eigenvalue weighted by atomic mass is 9.97. The topological polar surface area (TPSA) is 29.9 Å². The number of fused-ring (bicyclic) bond motifs is 1. The minimum absolute atomic E-state index is 0.561. The fourth-order valence-corrected chi connectivity index (χ4v) is 3.86. The van der Waals surface area contributed by atoms with Crippen LogP contribution in [0, 0.1) is 6.92 Å². The summed E-state index contributed by atoms with van der Waals surface area (Å²) < 4.78 is 2.58. The van der Waals surface area contributed by atoms with E-state index in [1.165, 1.54) is 68.6 Å². The van der Waals surface area contributed by atoms with Crippen LogP contribution in [0.1, 0.15) is 82.6 Å². The van der Waals surface area contributed by atoms with Crippen molar-refractivity contribution in [2.45, 2.75) is 91.1 Å². The van der Waals surface area contributed by atoms with E-state index in [4.69, 9.17) is 4.98 Å². The van der Waals surface area contributed by atoms with E-state index in [9.17, 15) is 0 Å². The zero-order valence-electron chi connectivity index (χ0n) is 14.4. The lowest BCUT2D eigenvalue weighted by molar-refractivity contribution is 0.310. The molecule has 1 heterocycles. The van der Waals surface area contributed by atoms with Gasteiger partial charge < -0.3 is 9.88 Å². The van der Waals surface area contributed by atoms with Crippen molar-refractivity contribution in [3.05, 3.63) is 17.2 Å². The van der Waals surface area contributed by atoms with Crippen LogP contribution in [0.5, 0.6) is 0 Å². The van der Waals surface area contributed by atoms with Crippen LogP contribution in [0.25, 0.3) is 0 Å². The molecule has 0 amide bonds. The van der Waals surface area contributed by atoms with Gasteiger partial charge in [-0.25, -0.2) is 4.98 Å². The first-order valence-electron chi connectivity index (χ1n) is 9.02. The smallest absolute Gasteiger partial charge is 0.106 e. The van der Waals surface area contributed by atoms with Crippen LogP contribution in [0.4, 0.5) is 0 Å². The summed E-state index contributed by atoms with van der Waals surface area (Å²) in [6.07, 6.45) is 9.93. The Morgan fingerprint density at radius 3 is 2.57 bits per heavy atom. The van der Waals surface area contributed by atoms with Crippen molar-refractivity contribution in [1.29, 1.82) is 0 Å². The van der Waals surface area contributed by atoms with Crippen LogP contribution in [-0.4, -0.2) is 22.1 Å². The summed E-state index contributed by atoms with van der Waals surface area (Å²) in [6, 6.07) is 1.14. The van der Waals surface area contributed by atoms with Crippen molar-refractivity contribution < 1.29 is 0 Å². The third-order valence-corrected chi connectivity index (χ3v) is 4.82. The van der Waals surface area contributed by atoms with Crippen molar-refractivity contribution in [2.24, 2.45) is 0 Å². The summed E-state index contributed by atoms with van der Waals surface area (Å²) >= 11 is 0. The number of aryl methyl sites for hydroxylation is 2. The molecule has 21 heavy (non-hydrogen) atoms. The predicted octanol–water partition coefficient (Wildman–Crippen LogP) is 4.19. The first-order chi connectivity index (χ1) is 10.2. The van der Waals surface area contributed by atoms with E-state index < -0.39 is 0 Å². The van der Waals surface area contributed by atoms with E-state index >= 15 is 0 Å². The van der Waals surface area contributed by atoms with Gasteiger partial charge in [0, 0.05) is 11.7 Å². The van der Waals surface area contributed by atoms with E-state index in [-0.39, 0.29) is 0 Å². The Balaban J connectivity index is 2.28. The van der Waals surface area contributed by atoms with Crippen molar-refractivity contribution in [2.75, 3.05) is 6.54 Å². The van der Waals surface area contributed by atoms with Gasteiger partial charge in [-0.3, -0.25) is 0 Å². The molecule has 1 aliphatic carbocycles. The minimum atomic E-state index is 0.561. The molecule has 120 valence electrons. The molecular weight excluding hydrogens is 258 g/mol. The Labute approximate surface area is 130 Å². The molecule has 0 radical (unpaired) electrons. The zero-order valence-corrected chi connectivity index (χ0v) is 14.4. The highest BCUT2D eigenvalue weighted by Crippen LogP contribution is 2.29. The van der Waals surface area contributed by atoms with Gasteiger partial charge in [-0.15, -0.1) is 0 Å². The van der Waals surface area contributed by atoms with Crippen LogP contribution >= 0.6 is 0 Å². The maximum atomic E-state index is 4.88. The number of nitrogens with zero attached hydrogens (tertiary/aromatic N) is 2. The van der Waals surface area contributed by atoms with E-state index in [1.54, 1.807) is 0 Å². The maximum absolute atomic E-state index is 4.88. The fourth-order valence-electron chi connectivity index (χ4n) is 3.86. The SMILES string of the molecule is CCCNC(CCC)C(CC)n1c(C)nc2c1CCCC2. The molecule has 0 aliphatic heterocycles. The second-order valence-electron chi connectivity index (χ2n) is 6.45. The minimum Gasteiger partial charge on any atom is -0.327 e. The molecule has 0 spiro atoms. The largest absolute Gasteiger partial charge is 0.327 e. The normalized spacial score (nSPS) is 17.5. The van der Waals surface area contributed by atoms with Gasteiger partial charge in [0.1, 0.15) is 5.82 Å². The molecule has 2 atom stereocenters. The molecule has 0 bridgehead atoms. The fraction of sp³-hybridized carbons (Fsp3) is 0.833. The van der Waals surface area contributed by atoms with Crippen molar-refractivity contribution in [3.63, 3.8) is 0 Å². The van der Waals surface area contributed by atoms with Gasteiger partial charge in [0.15, 0.2) is 0 Å². The van der Waals surface area contributed by atoms with Crippen LogP contribution in [-0.2, 0) is 12.8 Å². The lowest BCUT2D eigenvalue weighted by Crippen LogP contribution is -2.39. The van der Waals surface area contributed by atoms with E-state index in [0.717, 1.165) is 6.54 Å². The molecule has 0 fully saturated rings. The third kappa shape index (κ3) is 3.68. The monoisotopic (exact) mass is 291 g/mol. The van der Waals surface area contributed by atoms with E-state index in [1.807, 2.05) is 0 Å². The maximum Gasteiger partial charge on any atom is 0.106 e. The summed E-state index contributed by atoms with van der Waals surface area (Å²) in [5.74, 6) is 1.23. The van der Waals surface area contributed by atoms with Crippen LogP contribution in [0.2, 0.25) is 0 Å². The van der Waals surface area contributed by atoms with Gasteiger partial charge in [-0.1, -0.05) is 27.2 Å². The van der Waals surface area contributed by atoms with Crippen molar-refractivity contribution in [3.8, 4) is 0 Å². The van der Waals surface area contributed by atoms with Crippen molar-refractivity contribution >= 4 is 0 Å². The first-order valence-corrected chi connectivity index (χ1v) is 9.02. The third-order valence-electron chi connectivity index (χ3n) is 4.82. The predicted molar refractivity (Wildman–Crippen MR) is 89.9 cm³/mol. The van der Waals surface area contributed by atoms with Crippen LogP contribution < -0.4 is 5.32 Å². The summed E-state index contributed by atoms with van der Waals surface area (Å²) in [7, 11) is 0. The molecule has 3 heteroatoms. The second kappa shape index (κ2) is 7.98. The number of rotatable bonds is 8. The summed E-state index contributed by atoms with van der Waals surface area (Å²) in [4.78, 5) is 4.88. The number of aromatic nitrogens is 2. The van der Waals surface area contributed by atoms with E-state index in [2.05, 4.69) is 37.6 Å². The van der Waals surface area contributed by atoms with Crippen LogP contribution in [0.3, 0.4) is 0 Å². The number of hydrogen-bond donors (Lipinski definition) is 1. The molecule has 2 rings (SSSR count). The van der Waals surface area contributed by atoms with Gasteiger partial charge in [-0.2, -0.15) is 0 Å². The zero-order chi connectivity index (χ0) is 15.2. The number of imidazole rings is 1. The van der Waals surface area contributed by atoms with Gasteiger partial charge >= 0.3 is 0 Å². The Morgan fingerprint density at radius 2 is 1.90 bits per heavy atom. The van der Waals surface area contributed by atoms with Crippen LogP contribution in [0.15, 0.2) is 0 Å². The molecule has 1 aliphatic rings. The Kier molecular flexibility index (Phi) is 6.28. The Morgan fingerprint density at radius 1 is 1.14 bits per heavy atom. The molecule has 3 nitrogen and oxygen atoms in total. The van der Waals surface area contributed by atoms with Gasteiger partial charge in [0.05, 0.1) is 11.7 Å². The molecule has 0 saturated heterocycles. The number of nitrogens with one attached hydrogen (secondary N) is 1. The lowest BCUT2D eigenvalue weighted by Gasteiger charge is -2.31. The van der Waals surface area contributed by atoms with E-state index in [0.29, 0.717) is 12.1 Å². The van der Waals surface area contributed by atoms with Gasteiger partial charge in [0.25, 0.3) is 0 Å². The van der Waals surface area contributed by atoms with Crippen molar-refractivity contribution in [1.82, 2.24) is 14.9 Å². The summed E-state index contributed by atoms with van der Waals surface area (Å²) in [5.41, 5.74) is 2.91. The Hall–Kier alpha value is -0.830. The highest BCUT2D eigenvalue weighted by atomic mass is 15.1. The van der Waals surface area contributed by atoms with Gasteiger partial charge in [-0.05, 0) is 58.4 Å². The quantitative estimate of drug-likeness (QED) is 0.778. The molecule has 2 unspecified atom stereocenters. The highest BCUT2D eigenvalue weighted by Gasteiger charge is 2.27. The Bertz CT molecular complexity index is 436. The average molecular weight is 291 g/mol. The van der Waals surface area contributed by atoms with Gasteiger partial charge in [0.2, 0.25) is 0 Å². The summed E-state index contributed by atoms with van der Waals surface area (Å²) in [5, 5.41) is 3.80.